The van der Waals surface area contributed by atoms with Crippen molar-refractivity contribution in [1.29, 1.82) is 0 Å². The normalized spacial score (nSPS) is 13.2. The van der Waals surface area contributed by atoms with Gasteiger partial charge in [0.2, 0.25) is 0 Å². The summed E-state index contributed by atoms with van der Waals surface area (Å²) in [5.41, 5.74) is 3.70. The highest BCUT2D eigenvalue weighted by Crippen LogP contribution is 2.29. The number of fused-ring (bicyclic) bond motifs is 2. The Morgan fingerprint density at radius 2 is 1.91 bits per heavy atom. The molecule has 1 amide bonds. The van der Waals surface area contributed by atoms with Crippen molar-refractivity contribution in [2.24, 2.45) is 0 Å². The predicted octanol–water partition coefficient (Wildman–Crippen LogP) is 3.75. The van der Waals surface area contributed by atoms with E-state index in [4.69, 9.17) is 11.6 Å². The molecular formula is C18H14ClN3O. The molecule has 0 spiro atoms. The van der Waals surface area contributed by atoms with Crippen molar-refractivity contribution >= 4 is 23.2 Å². The van der Waals surface area contributed by atoms with Gasteiger partial charge in [0.05, 0.1) is 12.1 Å². The van der Waals surface area contributed by atoms with Crippen LogP contribution in [-0.2, 0) is 13.1 Å². The summed E-state index contributed by atoms with van der Waals surface area (Å²) in [6.45, 7) is 1.30. The second-order valence-corrected chi connectivity index (χ2v) is 5.90. The third-order valence-electron chi connectivity index (χ3n) is 4.09. The van der Waals surface area contributed by atoms with Gasteiger partial charge in [0.1, 0.15) is 5.15 Å². The molecule has 1 aromatic carbocycles. The quantitative estimate of drug-likeness (QED) is 0.640. The van der Waals surface area contributed by atoms with E-state index in [0.29, 0.717) is 17.3 Å². The molecule has 23 heavy (non-hydrogen) atoms. The van der Waals surface area contributed by atoms with Gasteiger partial charge in [-0.25, -0.2) is 4.98 Å². The number of nitrogens with zero attached hydrogens (tertiary/aromatic N) is 3. The molecule has 4 nitrogen and oxygen atoms in total. The van der Waals surface area contributed by atoms with Gasteiger partial charge in [-0.05, 0) is 35.9 Å². The highest BCUT2D eigenvalue weighted by atomic mass is 35.5. The summed E-state index contributed by atoms with van der Waals surface area (Å²) in [7, 11) is 0. The molecule has 0 radical (unpaired) electrons. The van der Waals surface area contributed by atoms with Gasteiger partial charge in [-0.2, -0.15) is 0 Å². The molecule has 3 heterocycles. The van der Waals surface area contributed by atoms with Crippen LogP contribution in [0, 0.1) is 0 Å². The van der Waals surface area contributed by atoms with Gasteiger partial charge in [0.15, 0.2) is 0 Å². The molecule has 0 bridgehead atoms. The zero-order valence-corrected chi connectivity index (χ0v) is 13.1. The van der Waals surface area contributed by atoms with Crippen molar-refractivity contribution in [2.45, 2.75) is 13.1 Å². The summed E-state index contributed by atoms with van der Waals surface area (Å²) in [5.74, 6) is -0.0729. The van der Waals surface area contributed by atoms with Crippen molar-refractivity contribution in [1.82, 2.24) is 9.55 Å². The molecule has 0 saturated heterocycles. The summed E-state index contributed by atoms with van der Waals surface area (Å²) in [6, 6.07) is 15.4. The van der Waals surface area contributed by atoms with Crippen molar-refractivity contribution in [3.05, 3.63) is 82.9 Å². The average Bonchev–Trinajstić information content (AvgIpc) is 2.94. The number of anilines is 1. The van der Waals surface area contributed by atoms with Crippen LogP contribution in [0.2, 0.25) is 5.15 Å². The fourth-order valence-electron chi connectivity index (χ4n) is 2.93. The van der Waals surface area contributed by atoms with Crippen LogP contribution in [0.1, 0.15) is 21.6 Å². The molecule has 1 aliphatic heterocycles. The molecule has 0 saturated carbocycles. The van der Waals surface area contributed by atoms with Gasteiger partial charge < -0.3 is 9.47 Å². The van der Waals surface area contributed by atoms with Crippen LogP contribution in [-0.4, -0.2) is 15.5 Å². The first kappa shape index (κ1) is 14.0. The van der Waals surface area contributed by atoms with E-state index < -0.39 is 0 Å². The van der Waals surface area contributed by atoms with Gasteiger partial charge >= 0.3 is 0 Å². The number of hydrogen-bond acceptors (Lipinski definition) is 2. The monoisotopic (exact) mass is 323 g/mol. The Morgan fingerprint density at radius 1 is 1.04 bits per heavy atom. The third kappa shape index (κ3) is 2.51. The Balaban J connectivity index is 1.80. The molecule has 4 rings (SSSR count). The van der Waals surface area contributed by atoms with Crippen LogP contribution in [0.3, 0.4) is 0 Å². The molecular weight excluding hydrogens is 310 g/mol. The fourth-order valence-corrected chi connectivity index (χ4v) is 3.04. The van der Waals surface area contributed by atoms with E-state index >= 15 is 0 Å². The molecule has 0 N–H and O–H groups in total. The van der Waals surface area contributed by atoms with Crippen LogP contribution in [0.5, 0.6) is 0 Å². The van der Waals surface area contributed by atoms with Crippen LogP contribution >= 0.6 is 11.6 Å². The number of benzene rings is 1. The minimum Gasteiger partial charge on any atom is -0.345 e. The van der Waals surface area contributed by atoms with Gasteiger partial charge in [-0.3, -0.25) is 4.79 Å². The lowest BCUT2D eigenvalue weighted by Gasteiger charge is -2.22. The molecule has 114 valence electrons. The first-order valence-electron chi connectivity index (χ1n) is 7.38. The van der Waals surface area contributed by atoms with Crippen LogP contribution in [0.4, 0.5) is 5.69 Å². The van der Waals surface area contributed by atoms with Gasteiger partial charge in [-0.15, -0.1) is 0 Å². The first-order chi connectivity index (χ1) is 11.2. The van der Waals surface area contributed by atoms with E-state index in [1.807, 2.05) is 36.5 Å². The summed E-state index contributed by atoms with van der Waals surface area (Å²) < 4.78 is 2.17. The summed E-state index contributed by atoms with van der Waals surface area (Å²) >= 11 is 5.82. The smallest absolute Gasteiger partial charge is 0.260 e. The molecule has 0 fully saturated rings. The molecule has 1 aliphatic rings. The zero-order chi connectivity index (χ0) is 15.8. The Kier molecular flexibility index (Phi) is 3.39. The summed E-state index contributed by atoms with van der Waals surface area (Å²) in [4.78, 5) is 18.8. The zero-order valence-electron chi connectivity index (χ0n) is 12.3. The number of carbonyl (C=O) groups is 1. The van der Waals surface area contributed by atoms with Crippen LogP contribution in [0.25, 0.3) is 0 Å². The minimum atomic E-state index is -0.0729. The first-order valence-corrected chi connectivity index (χ1v) is 7.75. The lowest BCUT2D eigenvalue weighted by atomic mass is 10.1. The van der Waals surface area contributed by atoms with E-state index in [1.54, 1.807) is 17.0 Å². The van der Waals surface area contributed by atoms with Gasteiger partial charge in [0.25, 0.3) is 5.91 Å². The van der Waals surface area contributed by atoms with Crippen molar-refractivity contribution < 1.29 is 4.79 Å². The second kappa shape index (κ2) is 5.56. The number of halogens is 1. The largest absolute Gasteiger partial charge is 0.345 e. The summed E-state index contributed by atoms with van der Waals surface area (Å²) in [6.07, 6.45) is 3.57. The maximum Gasteiger partial charge on any atom is 0.260 e. The number of rotatable bonds is 1. The second-order valence-electron chi connectivity index (χ2n) is 5.52. The number of para-hydroxylation sites is 1. The Labute approximate surface area is 138 Å². The molecule has 2 aromatic heterocycles. The SMILES string of the molecule is O=C(c1ccc(Cl)nc1)N1Cc2cccn2Cc2ccccc21. The van der Waals surface area contributed by atoms with Crippen LogP contribution in [0.15, 0.2) is 60.9 Å². The van der Waals surface area contributed by atoms with Gasteiger partial charge in [-0.1, -0.05) is 29.8 Å². The highest BCUT2D eigenvalue weighted by Gasteiger charge is 2.24. The number of carbonyl (C=O) groups excluding carboxylic acids is 1. The summed E-state index contributed by atoms with van der Waals surface area (Å²) in [5, 5.41) is 0.381. The van der Waals surface area contributed by atoms with E-state index in [-0.39, 0.29) is 5.91 Å². The molecule has 0 atom stereocenters. The highest BCUT2D eigenvalue weighted by molar-refractivity contribution is 6.29. The molecule has 0 aliphatic carbocycles. The van der Waals surface area contributed by atoms with Crippen molar-refractivity contribution in [2.75, 3.05) is 4.90 Å². The Morgan fingerprint density at radius 3 is 2.74 bits per heavy atom. The van der Waals surface area contributed by atoms with Crippen molar-refractivity contribution in [3.63, 3.8) is 0 Å². The number of amides is 1. The van der Waals surface area contributed by atoms with E-state index in [9.17, 15) is 4.79 Å². The maximum absolute atomic E-state index is 13.0. The third-order valence-corrected chi connectivity index (χ3v) is 4.31. The van der Waals surface area contributed by atoms with Crippen LogP contribution < -0.4 is 4.90 Å². The lowest BCUT2D eigenvalue weighted by Crippen LogP contribution is -2.30. The number of pyridine rings is 1. The Bertz CT molecular complexity index is 870. The van der Waals surface area contributed by atoms with E-state index in [0.717, 1.165) is 23.5 Å². The molecule has 0 unspecified atom stereocenters. The number of hydrogen-bond donors (Lipinski definition) is 0. The topological polar surface area (TPSA) is 38.1 Å². The molecule has 5 heteroatoms. The fraction of sp³-hybridized carbons (Fsp3) is 0.111. The van der Waals surface area contributed by atoms with Gasteiger partial charge in [0, 0.05) is 30.3 Å². The van der Waals surface area contributed by atoms with E-state index in [2.05, 4.69) is 15.6 Å². The van der Waals surface area contributed by atoms with Crippen molar-refractivity contribution in [3.8, 4) is 0 Å². The average molecular weight is 324 g/mol. The maximum atomic E-state index is 13.0. The Hall–Kier alpha value is -2.59. The minimum absolute atomic E-state index is 0.0729. The van der Waals surface area contributed by atoms with E-state index in [1.165, 1.54) is 6.20 Å². The lowest BCUT2D eigenvalue weighted by molar-refractivity contribution is 0.0984. The standard InChI is InChI=1S/C18H14ClN3O/c19-17-8-7-13(10-20-17)18(23)22-12-15-5-3-9-21(15)11-14-4-1-2-6-16(14)22/h1-10H,11-12H2. The molecule has 3 aromatic rings. The predicted molar refractivity (Wildman–Crippen MR) is 89.7 cm³/mol. The number of aromatic nitrogens is 2.